The molecule has 0 aliphatic carbocycles. The molecule has 0 bridgehead atoms. The number of amides is 3. The molecule has 0 unspecified atom stereocenters. The van der Waals surface area contributed by atoms with Gasteiger partial charge in [0.05, 0.1) is 92.5 Å². The van der Waals surface area contributed by atoms with Crippen molar-refractivity contribution >= 4 is 17.7 Å². The van der Waals surface area contributed by atoms with E-state index >= 15 is 0 Å². The van der Waals surface area contributed by atoms with Gasteiger partial charge in [-0.1, -0.05) is 30.3 Å². The summed E-state index contributed by atoms with van der Waals surface area (Å²) >= 11 is 0. The molecule has 0 aliphatic heterocycles. The van der Waals surface area contributed by atoms with E-state index in [1.165, 1.54) is 0 Å². The Hall–Kier alpha value is -2.73. The molecule has 0 saturated heterocycles. The molecule has 0 radical (unpaired) electrons. The number of ether oxygens (including phenoxy) is 7. The second kappa shape index (κ2) is 30.0. The molecule has 0 aliphatic rings. The summed E-state index contributed by atoms with van der Waals surface area (Å²) in [5.41, 5.74) is 6.18. The normalized spacial score (nSPS) is 11.7. The fourth-order valence-electron chi connectivity index (χ4n) is 3.61. The minimum Gasteiger partial charge on any atom is -0.378 e. The van der Waals surface area contributed by atoms with Crippen LogP contribution in [0.2, 0.25) is 0 Å². The van der Waals surface area contributed by atoms with E-state index in [1.54, 1.807) is 0 Å². The molecule has 0 aromatic heterocycles. The van der Waals surface area contributed by atoms with Gasteiger partial charge in [0.25, 0.3) is 0 Å². The van der Waals surface area contributed by atoms with Gasteiger partial charge in [0.2, 0.25) is 17.7 Å². The lowest BCUT2D eigenvalue weighted by Gasteiger charge is -2.18. The largest absolute Gasteiger partial charge is 0.378 e. The van der Waals surface area contributed by atoms with Crippen molar-refractivity contribution in [2.24, 2.45) is 5.73 Å². The third kappa shape index (κ3) is 25.2. The lowest BCUT2D eigenvalue weighted by atomic mass is 10.0. The number of aliphatic hydroxyl groups excluding tert-OH is 1. The number of hydrogen-bond donors (Lipinski definition) is 5. The monoisotopic (exact) mass is 644 g/mol. The number of nitrogens with two attached hydrogens (primary N) is 1. The van der Waals surface area contributed by atoms with Gasteiger partial charge in [0.15, 0.2) is 0 Å². The van der Waals surface area contributed by atoms with E-state index in [0.29, 0.717) is 106 Å². The molecule has 1 aromatic rings. The molecule has 1 rings (SSSR count). The highest BCUT2D eigenvalue weighted by atomic mass is 16.6. The molecular formula is C30H52N4O11. The molecule has 1 atom stereocenters. The maximum Gasteiger partial charge on any atom is 0.244 e. The summed E-state index contributed by atoms with van der Waals surface area (Å²) in [7, 11) is 0. The number of carbonyl (C=O) groups is 3. The van der Waals surface area contributed by atoms with Crippen molar-refractivity contribution < 1.29 is 52.6 Å². The van der Waals surface area contributed by atoms with Crippen molar-refractivity contribution in [3.05, 3.63) is 35.9 Å². The van der Waals surface area contributed by atoms with Crippen LogP contribution in [0, 0.1) is 0 Å². The van der Waals surface area contributed by atoms with E-state index in [1.807, 2.05) is 30.3 Å². The Bertz CT molecular complexity index is 868. The Kier molecular flexibility index (Phi) is 26.8. The van der Waals surface area contributed by atoms with E-state index in [9.17, 15) is 14.4 Å². The third-order valence-corrected chi connectivity index (χ3v) is 5.83. The highest BCUT2D eigenvalue weighted by Crippen LogP contribution is 2.04. The summed E-state index contributed by atoms with van der Waals surface area (Å²) in [5, 5.41) is 16.6. The van der Waals surface area contributed by atoms with Crippen molar-refractivity contribution in [2.45, 2.75) is 25.3 Å². The molecule has 0 fully saturated rings. The molecular weight excluding hydrogens is 592 g/mol. The molecule has 3 amide bonds. The smallest absolute Gasteiger partial charge is 0.244 e. The maximum absolute atomic E-state index is 12.3. The number of carbonyl (C=O) groups excluding carboxylic acids is 3. The van der Waals surface area contributed by atoms with Crippen LogP contribution in [-0.2, 0) is 54.0 Å². The molecule has 0 spiro atoms. The van der Waals surface area contributed by atoms with E-state index in [-0.39, 0.29) is 25.2 Å². The Morgan fingerprint density at radius 2 is 1.07 bits per heavy atom. The van der Waals surface area contributed by atoms with Crippen LogP contribution in [0.25, 0.3) is 0 Å². The van der Waals surface area contributed by atoms with E-state index < -0.39 is 24.6 Å². The van der Waals surface area contributed by atoms with Crippen molar-refractivity contribution in [2.75, 3.05) is 112 Å². The first-order valence-corrected chi connectivity index (χ1v) is 15.3. The molecule has 0 heterocycles. The van der Waals surface area contributed by atoms with Crippen LogP contribution in [0.5, 0.6) is 0 Å². The topological polar surface area (TPSA) is 198 Å². The van der Waals surface area contributed by atoms with Gasteiger partial charge in [0.1, 0.15) is 12.8 Å². The predicted octanol–water partition coefficient (Wildman–Crippen LogP) is -1.25. The molecule has 0 saturated carbocycles. The van der Waals surface area contributed by atoms with E-state index in [4.69, 9.17) is 44.0 Å². The van der Waals surface area contributed by atoms with Gasteiger partial charge in [-0.3, -0.25) is 14.4 Å². The standard InChI is InChI=1S/C30H52N4O11/c31-8-10-39-12-14-41-16-18-43-20-22-45-23-21-44-19-17-42-15-13-40-11-9-32-28(36)6-7-29(37)34-27(30(38)33-25-35)24-26-4-2-1-3-5-26/h1-5,27,35H,6-25,31H2,(H,32,36)(H,33,38)(H,34,37)/t27-/m0/s1. The van der Waals surface area contributed by atoms with Crippen molar-refractivity contribution in [1.29, 1.82) is 0 Å². The SMILES string of the molecule is NCCOCCOCCOCCOCCOCCOCCOCCNC(=O)CCC(=O)N[C@@H](Cc1ccccc1)C(=O)NCO. The van der Waals surface area contributed by atoms with Gasteiger partial charge in [-0.05, 0) is 5.56 Å². The lowest BCUT2D eigenvalue weighted by Crippen LogP contribution is -2.48. The van der Waals surface area contributed by atoms with Crippen LogP contribution in [0.1, 0.15) is 18.4 Å². The fraction of sp³-hybridized carbons (Fsp3) is 0.700. The second-order valence-electron chi connectivity index (χ2n) is 9.43. The first kappa shape index (κ1) is 40.3. The molecule has 258 valence electrons. The molecule has 6 N–H and O–H groups in total. The first-order chi connectivity index (χ1) is 22.1. The van der Waals surface area contributed by atoms with Crippen molar-refractivity contribution in [1.82, 2.24) is 16.0 Å². The number of aliphatic hydroxyl groups is 1. The van der Waals surface area contributed by atoms with Crippen LogP contribution >= 0.6 is 0 Å². The average Bonchev–Trinajstić information content (AvgIpc) is 3.04. The highest BCUT2D eigenvalue weighted by molar-refractivity contribution is 5.89. The Labute approximate surface area is 265 Å². The minimum atomic E-state index is -0.863. The van der Waals surface area contributed by atoms with Crippen molar-refractivity contribution in [3.63, 3.8) is 0 Å². The van der Waals surface area contributed by atoms with Gasteiger partial charge in [-0.2, -0.15) is 0 Å². The second-order valence-corrected chi connectivity index (χ2v) is 9.43. The van der Waals surface area contributed by atoms with Gasteiger partial charge >= 0.3 is 0 Å². The van der Waals surface area contributed by atoms with E-state index in [0.717, 1.165) is 5.56 Å². The minimum absolute atomic E-state index is 0.0318. The van der Waals surface area contributed by atoms with Gasteiger partial charge in [0, 0.05) is 32.4 Å². The predicted molar refractivity (Wildman–Crippen MR) is 164 cm³/mol. The molecule has 45 heavy (non-hydrogen) atoms. The quantitative estimate of drug-likeness (QED) is 0.0476. The van der Waals surface area contributed by atoms with Gasteiger partial charge < -0.3 is 59.9 Å². The lowest BCUT2D eigenvalue weighted by molar-refractivity contribution is -0.130. The van der Waals surface area contributed by atoms with Crippen LogP contribution in [0.4, 0.5) is 0 Å². The zero-order chi connectivity index (χ0) is 32.6. The highest BCUT2D eigenvalue weighted by Gasteiger charge is 2.21. The average molecular weight is 645 g/mol. The zero-order valence-electron chi connectivity index (χ0n) is 26.2. The van der Waals surface area contributed by atoms with Crippen LogP contribution in [0.15, 0.2) is 30.3 Å². The Morgan fingerprint density at radius 3 is 1.53 bits per heavy atom. The number of nitrogens with one attached hydrogen (secondary N) is 3. The zero-order valence-corrected chi connectivity index (χ0v) is 26.2. The summed E-state index contributed by atoms with van der Waals surface area (Å²) in [5.74, 6) is -1.24. The summed E-state index contributed by atoms with van der Waals surface area (Å²) in [4.78, 5) is 36.6. The number of benzene rings is 1. The fourth-order valence-corrected chi connectivity index (χ4v) is 3.61. The van der Waals surface area contributed by atoms with Crippen LogP contribution in [0.3, 0.4) is 0 Å². The molecule has 15 nitrogen and oxygen atoms in total. The molecule has 15 heteroatoms. The Balaban J connectivity index is 1.89. The third-order valence-electron chi connectivity index (χ3n) is 5.83. The van der Waals surface area contributed by atoms with Crippen LogP contribution in [-0.4, -0.2) is 141 Å². The van der Waals surface area contributed by atoms with Gasteiger partial charge in [-0.25, -0.2) is 0 Å². The number of rotatable bonds is 31. The number of hydrogen-bond acceptors (Lipinski definition) is 12. The summed E-state index contributed by atoms with van der Waals surface area (Å²) in [6.45, 7) is 6.69. The Morgan fingerprint density at radius 1 is 0.622 bits per heavy atom. The van der Waals surface area contributed by atoms with Crippen LogP contribution < -0.4 is 21.7 Å². The summed E-state index contributed by atoms with van der Waals surface area (Å²) in [6.07, 6.45) is 0.149. The first-order valence-electron chi connectivity index (χ1n) is 15.3. The van der Waals surface area contributed by atoms with E-state index in [2.05, 4.69) is 16.0 Å². The molecule has 1 aromatic carbocycles. The van der Waals surface area contributed by atoms with Gasteiger partial charge in [-0.15, -0.1) is 0 Å². The summed E-state index contributed by atoms with van der Waals surface area (Å²) < 4.78 is 37.7. The van der Waals surface area contributed by atoms with Crippen molar-refractivity contribution in [3.8, 4) is 0 Å². The summed E-state index contributed by atoms with van der Waals surface area (Å²) in [6, 6.07) is 8.32. The maximum atomic E-state index is 12.3.